The number of carbonyl (C=O) groups is 4. The summed E-state index contributed by atoms with van der Waals surface area (Å²) < 4.78 is 11.0. The number of aliphatic carboxylic acids is 2. The van der Waals surface area contributed by atoms with Crippen LogP contribution in [0.25, 0.3) is 0 Å². The minimum atomic E-state index is -1.70. The van der Waals surface area contributed by atoms with Crippen LogP contribution in [0, 0.1) is 0 Å². The first-order valence-electron chi connectivity index (χ1n) is 10.1. The predicted molar refractivity (Wildman–Crippen MR) is 126 cm³/mol. The lowest BCUT2D eigenvalue weighted by Crippen LogP contribution is -2.80. The van der Waals surface area contributed by atoms with Gasteiger partial charge < -0.3 is 30.7 Å². The second-order valence-electron chi connectivity index (χ2n) is 7.31. The van der Waals surface area contributed by atoms with Gasteiger partial charge in [-0.05, 0) is 37.1 Å². The van der Waals surface area contributed by atoms with Gasteiger partial charge in [0.15, 0.2) is 0 Å². The van der Waals surface area contributed by atoms with E-state index in [0.717, 1.165) is 11.3 Å². The summed E-state index contributed by atoms with van der Waals surface area (Å²) in [5, 5.41) is 20.4. The summed E-state index contributed by atoms with van der Waals surface area (Å²) in [4.78, 5) is 49.3. The van der Waals surface area contributed by atoms with E-state index < -0.39 is 40.9 Å². The maximum absolute atomic E-state index is 13.0. The number of hydrogen-bond acceptors (Lipinski definition) is 10. The van der Waals surface area contributed by atoms with Crippen LogP contribution in [0.3, 0.4) is 0 Å². The number of carbonyl (C=O) groups excluding carboxylic acids is 2. The van der Waals surface area contributed by atoms with Crippen molar-refractivity contribution in [1.82, 2.24) is 10.2 Å². The Kier molecular flexibility index (Phi) is 9.97. The molecule has 0 aliphatic carbocycles. The van der Waals surface area contributed by atoms with E-state index in [1.54, 1.807) is 0 Å². The summed E-state index contributed by atoms with van der Waals surface area (Å²) in [6, 6.07) is -1.08. The highest BCUT2D eigenvalue weighted by atomic mass is 32.2. The molecule has 2 heterocycles. The van der Waals surface area contributed by atoms with Crippen LogP contribution in [0.4, 0.5) is 0 Å². The predicted octanol–water partition coefficient (Wildman–Crippen LogP) is 0.726. The summed E-state index contributed by atoms with van der Waals surface area (Å²) in [5.74, 6) is -3.08. The molecular formula is C19H27N3O8S3. The van der Waals surface area contributed by atoms with Gasteiger partial charge in [-0.1, -0.05) is 18.7 Å². The van der Waals surface area contributed by atoms with Gasteiger partial charge in [-0.25, -0.2) is 4.79 Å². The molecule has 1 saturated heterocycles. The van der Waals surface area contributed by atoms with Crippen LogP contribution in [-0.4, -0.2) is 85.6 Å². The number of hydrogen-bond donors (Lipinski definition) is 4. The van der Waals surface area contributed by atoms with Crippen LogP contribution >= 0.6 is 35.7 Å². The Balaban J connectivity index is 2.08. The molecule has 0 saturated carbocycles. The molecule has 33 heavy (non-hydrogen) atoms. The monoisotopic (exact) mass is 521 g/mol. The molecule has 5 N–H and O–H groups in total. The highest BCUT2D eigenvalue weighted by molar-refractivity contribution is 8.22. The van der Waals surface area contributed by atoms with Crippen molar-refractivity contribution in [2.45, 2.75) is 49.7 Å². The molecule has 0 bridgehead atoms. The number of rotatable bonds is 12. The van der Waals surface area contributed by atoms with Crippen LogP contribution in [0.1, 0.15) is 32.6 Å². The van der Waals surface area contributed by atoms with Crippen LogP contribution in [0.5, 0.6) is 0 Å². The quantitative estimate of drug-likeness (QED) is 0.162. The standard InChI is InChI=1S/C19H27N3O8S3/c1-3-7-30-18(31)33-9-10-8-32-17-19(29-2,16(28)22(17)13(10)15(26)27)21-12(23)6-4-5-11(20)14(24)25/h11,17H,3-9,20H2,1-2H3,(H,21,23)(H,24,25)(H,26,27)/t11?,17-,19-/m0/s1. The third-order valence-electron chi connectivity index (χ3n) is 4.98. The molecule has 0 aromatic heterocycles. The minimum absolute atomic E-state index is 0.0600. The van der Waals surface area contributed by atoms with E-state index in [1.807, 2.05) is 6.92 Å². The van der Waals surface area contributed by atoms with Gasteiger partial charge in [0.1, 0.15) is 17.1 Å². The summed E-state index contributed by atoms with van der Waals surface area (Å²) in [6.07, 6.45) is 1.03. The second-order valence-corrected chi connectivity index (χ2v) is 9.95. The fourth-order valence-electron chi connectivity index (χ4n) is 3.30. The topological polar surface area (TPSA) is 168 Å². The first-order valence-corrected chi connectivity index (χ1v) is 12.6. The SMILES string of the molecule is CCCOC(=S)SCC1=C(C(=O)O)N2C(=O)[C@](NC(=O)CCCC(N)C(=O)O)(OC)[C@@H]2SC1. The normalized spacial score (nSPS) is 22.8. The minimum Gasteiger partial charge on any atom is -0.480 e. The molecule has 0 spiro atoms. The van der Waals surface area contributed by atoms with Crippen molar-refractivity contribution in [1.29, 1.82) is 0 Å². The van der Waals surface area contributed by atoms with Gasteiger partial charge in [0, 0.05) is 25.0 Å². The number of carboxylic acid groups (broad SMARTS) is 2. The maximum Gasteiger partial charge on any atom is 0.352 e. The lowest BCUT2D eigenvalue weighted by atomic mass is 9.98. The molecular weight excluding hydrogens is 494 g/mol. The number of nitrogens with one attached hydrogen (secondary N) is 1. The van der Waals surface area contributed by atoms with Gasteiger partial charge in [0.05, 0.1) is 6.61 Å². The lowest BCUT2D eigenvalue weighted by Gasteiger charge is -2.55. The van der Waals surface area contributed by atoms with Gasteiger partial charge in [-0.15, -0.1) is 11.8 Å². The Morgan fingerprint density at radius 2 is 2.12 bits per heavy atom. The molecule has 0 aromatic rings. The van der Waals surface area contributed by atoms with E-state index in [4.69, 9.17) is 32.5 Å². The molecule has 0 radical (unpaired) electrons. The van der Waals surface area contributed by atoms with Crippen molar-refractivity contribution < 1.29 is 38.9 Å². The van der Waals surface area contributed by atoms with Crippen LogP contribution in [0.15, 0.2) is 11.3 Å². The van der Waals surface area contributed by atoms with Gasteiger partial charge in [0.25, 0.3) is 11.6 Å². The highest BCUT2D eigenvalue weighted by Crippen LogP contribution is 2.47. The largest absolute Gasteiger partial charge is 0.480 e. The zero-order chi connectivity index (χ0) is 24.8. The zero-order valence-electron chi connectivity index (χ0n) is 18.2. The molecule has 1 unspecified atom stereocenters. The first-order chi connectivity index (χ1) is 15.6. The Morgan fingerprint density at radius 1 is 1.42 bits per heavy atom. The van der Waals surface area contributed by atoms with E-state index in [-0.39, 0.29) is 30.7 Å². The zero-order valence-corrected chi connectivity index (χ0v) is 20.6. The Hall–Kier alpha value is -1.87. The molecule has 14 heteroatoms. The van der Waals surface area contributed by atoms with Crippen molar-refractivity contribution in [2.24, 2.45) is 5.73 Å². The van der Waals surface area contributed by atoms with Gasteiger partial charge in [0.2, 0.25) is 10.3 Å². The summed E-state index contributed by atoms with van der Waals surface area (Å²) in [6.45, 7) is 2.41. The summed E-state index contributed by atoms with van der Waals surface area (Å²) >= 11 is 7.58. The van der Waals surface area contributed by atoms with E-state index in [1.165, 1.54) is 30.6 Å². The molecule has 11 nitrogen and oxygen atoms in total. The van der Waals surface area contributed by atoms with Crippen molar-refractivity contribution in [3.8, 4) is 0 Å². The molecule has 2 aliphatic rings. The molecule has 1 fully saturated rings. The smallest absolute Gasteiger partial charge is 0.352 e. The van der Waals surface area contributed by atoms with E-state index in [9.17, 15) is 24.3 Å². The third-order valence-corrected chi connectivity index (χ3v) is 7.68. The van der Waals surface area contributed by atoms with E-state index >= 15 is 0 Å². The maximum atomic E-state index is 13.0. The first kappa shape index (κ1) is 27.4. The van der Waals surface area contributed by atoms with E-state index in [0.29, 0.717) is 22.3 Å². The molecule has 2 aliphatic heterocycles. The number of thioether (sulfide) groups is 2. The van der Waals surface area contributed by atoms with Crippen LogP contribution < -0.4 is 11.1 Å². The number of nitrogens with two attached hydrogens (primary N) is 1. The number of β-lactam (4-membered cyclic amide) rings is 1. The molecule has 2 rings (SSSR count). The van der Waals surface area contributed by atoms with Gasteiger partial charge >= 0.3 is 11.9 Å². The average Bonchev–Trinajstić information content (AvgIpc) is 2.78. The number of ether oxygens (including phenoxy) is 2. The van der Waals surface area contributed by atoms with Crippen molar-refractivity contribution in [2.75, 3.05) is 25.2 Å². The Morgan fingerprint density at radius 3 is 2.70 bits per heavy atom. The molecule has 0 aromatic carbocycles. The summed E-state index contributed by atoms with van der Waals surface area (Å²) in [7, 11) is 1.26. The average molecular weight is 522 g/mol. The van der Waals surface area contributed by atoms with Crippen LogP contribution in [-0.2, 0) is 28.7 Å². The van der Waals surface area contributed by atoms with Gasteiger partial charge in [-0.3, -0.25) is 19.3 Å². The van der Waals surface area contributed by atoms with Crippen molar-refractivity contribution in [3.63, 3.8) is 0 Å². The van der Waals surface area contributed by atoms with Gasteiger partial charge in [-0.2, -0.15) is 0 Å². The number of nitrogens with zero attached hydrogens (tertiary/aromatic N) is 1. The number of carboxylic acids is 2. The molecule has 3 atom stereocenters. The molecule has 184 valence electrons. The van der Waals surface area contributed by atoms with E-state index in [2.05, 4.69) is 5.32 Å². The lowest BCUT2D eigenvalue weighted by molar-refractivity contribution is -0.192. The number of fused-ring (bicyclic) bond motifs is 1. The van der Waals surface area contributed by atoms with Crippen LogP contribution in [0.2, 0.25) is 0 Å². The van der Waals surface area contributed by atoms with Crippen molar-refractivity contribution in [3.05, 3.63) is 11.3 Å². The fraction of sp³-hybridized carbons (Fsp3) is 0.632. The fourth-order valence-corrected chi connectivity index (χ4v) is 5.83. The Labute approximate surface area is 204 Å². The van der Waals surface area contributed by atoms with Crippen molar-refractivity contribution >= 4 is 63.9 Å². The molecule has 2 amide bonds. The number of methoxy groups -OCH3 is 1. The third kappa shape index (κ3) is 6.18. The number of amides is 2. The highest BCUT2D eigenvalue weighted by Gasteiger charge is 2.66. The second kappa shape index (κ2) is 12.0. The number of thiocarbonyl (C=S) groups is 1. The summed E-state index contributed by atoms with van der Waals surface area (Å²) in [5.41, 5.74) is 4.10. The Bertz CT molecular complexity index is 852.